The lowest BCUT2D eigenvalue weighted by Crippen LogP contribution is -2.27. The molecular weight excluding hydrogens is 616 g/mol. The molecule has 40 heavy (non-hydrogen) atoms. The number of carbonyl (C=O) groups excluding carboxylic acids is 2. The zero-order valence-electron chi connectivity index (χ0n) is 20.3. The number of carbonyl (C=O) groups is 3. The molecule has 0 spiro atoms. The van der Waals surface area contributed by atoms with Crippen LogP contribution in [0.2, 0.25) is 20.1 Å². The molecule has 0 saturated carbocycles. The van der Waals surface area contributed by atoms with Crippen molar-refractivity contribution in [3.8, 4) is 0 Å². The fraction of sp³-hybridized carbons (Fsp3) is 0.125. The summed E-state index contributed by atoms with van der Waals surface area (Å²) in [5, 5.41) is 32.0. The van der Waals surface area contributed by atoms with Crippen LogP contribution in [0.1, 0.15) is 49.6 Å². The quantitative estimate of drug-likeness (QED) is 0.161. The molecule has 0 aromatic heterocycles. The number of amides is 1. The van der Waals surface area contributed by atoms with Gasteiger partial charge in [0.15, 0.2) is 0 Å². The molecule has 0 saturated heterocycles. The molecule has 16 heteroatoms. The van der Waals surface area contributed by atoms with Crippen LogP contribution in [0.4, 0.5) is 11.4 Å². The van der Waals surface area contributed by atoms with E-state index in [1.54, 1.807) is 31.2 Å². The number of ether oxygens (including phenoxy) is 1. The molecule has 0 aliphatic carbocycles. The van der Waals surface area contributed by atoms with Crippen LogP contribution in [0.25, 0.3) is 0 Å². The summed E-state index contributed by atoms with van der Waals surface area (Å²) >= 11 is 22.8. The summed E-state index contributed by atoms with van der Waals surface area (Å²) in [5.41, 5.74) is -0.340. The van der Waals surface area contributed by atoms with E-state index in [0.717, 1.165) is 23.8 Å². The summed E-state index contributed by atoms with van der Waals surface area (Å²) in [7, 11) is 1.28. The van der Waals surface area contributed by atoms with Crippen molar-refractivity contribution in [3.05, 3.63) is 111 Å². The second-order valence-corrected chi connectivity index (χ2v) is 9.33. The van der Waals surface area contributed by atoms with Crippen molar-refractivity contribution in [1.82, 2.24) is 5.32 Å². The van der Waals surface area contributed by atoms with Crippen LogP contribution in [0.3, 0.4) is 0 Å². The molecule has 0 fully saturated rings. The number of rotatable bonds is 7. The topological polar surface area (TPSA) is 179 Å². The number of halogens is 4. The highest BCUT2D eigenvalue weighted by Gasteiger charge is 2.23. The Kier molecular flexibility index (Phi) is 11.2. The van der Waals surface area contributed by atoms with Gasteiger partial charge in [-0.3, -0.25) is 25.0 Å². The maximum atomic E-state index is 12.4. The Balaban J connectivity index is 0.000000337. The highest BCUT2D eigenvalue weighted by molar-refractivity contribution is 6.38. The van der Waals surface area contributed by atoms with E-state index in [9.17, 15) is 34.6 Å². The molecule has 0 unspecified atom stereocenters. The molecule has 2 N–H and O–H groups in total. The summed E-state index contributed by atoms with van der Waals surface area (Å²) in [6, 6.07) is 10.4. The number of aromatic carboxylic acids is 1. The van der Waals surface area contributed by atoms with E-state index in [0.29, 0.717) is 5.56 Å². The zero-order chi connectivity index (χ0) is 30.3. The highest BCUT2D eigenvalue weighted by atomic mass is 35.5. The first-order valence-electron chi connectivity index (χ1n) is 10.7. The molecular formula is C24H17Cl4N3O9. The predicted octanol–water partition coefficient (Wildman–Crippen LogP) is 6.78. The van der Waals surface area contributed by atoms with Gasteiger partial charge in [-0.25, -0.2) is 9.59 Å². The molecule has 210 valence electrons. The number of nitrogens with zero attached hydrogens (tertiary/aromatic N) is 2. The maximum absolute atomic E-state index is 12.4. The minimum absolute atomic E-state index is 0.0290. The summed E-state index contributed by atoms with van der Waals surface area (Å²) in [6.07, 6.45) is 0. The normalized spacial score (nSPS) is 10.9. The number of hydrogen-bond donors (Lipinski definition) is 2. The number of benzene rings is 3. The van der Waals surface area contributed by atoms with Crippen LogP contribution in [0.15, 0.2) is 48.5 Å². The molecule has 0 heterocycles. The SMILES string of the molecule is COC(=O)c1ccc([C@H](C)NC(=O)c2cc(Cl)cc([N+](=O)[O-])c2Cl)cc1.O=C(O)c1cc(Cl)cc([N+](=O)[O-])c1Cl. The third-order valence-electron chi connectivity index (χ3n) is 5.08. The van der Waals surface area contributed by atoms with Crippen molar-refractivity contribution in [1.29, 1.82) is 0 Å². The second-order valence-electron chi connectivity index (χ2n) is 7.70. The fourth-order valence-corrected chi connectivity index (χ4v) is 4.07. The van der Waals surface area contributed by atoms with E-state index >= 15 is 0 Å². The summed E-state index contributed by atoms with van der Waals surface area (Å²) in [5.74, 6) is -2.43. The van der Waals surface area contributed by atoms with Crippen LogP contribution >= 0.6 is 46.4 Å². The van der Waals surface area contributed by atoms with Gasteiger partial charge in [-0.15, -0.1) is 0 Å². The summed E-state index contributed by atoms with van der Waals surface area (Å²) in [6.45, 7) is 1.72. The lowest BCUT2D eigenvalue weighted by Gasteiger charge is -2.15. The Morgan fingerprint density at radius 3 is 1.73 bits per heavy atom. The molecule has 3 rings (SSSR count). The minimum atomic E-state index is -1.36. The van der Waals surface area contributed by atoms with Crippen molar-refractivity contribution < 1.29 is 34.1 Å². The Bertz CT molecular complexity index is 1460. The van der Waals surface area contributed by atoms with Crippen molar-refractivity contribution in [2.45, 2.75) is 13.0 Å². The Morgan fingerprint density at radius 1 is 0.850 bits per heavy atom. The Labute approximate surface area is 245 Å². The molecule has 3 aromatic carbocycles. The molecule has 1 atom stereocenters. The van der Waals surface area contributed by atoms with Crippen LogP contribution in [-0.4, -0.2) is 39.9 Å². The number of hydrogen-bond acceptors (Lipinski definition) is 8. The van der Waals surface area contributed by atoms with Gasteiger partial charge in [-0.2, -0.15) is 0 Å². The first kappa shape index (κ1) is 32.2. The molecule has 3 aromatic rings. The van der Waals surface area contributed by atoms with Crippen LogP contribution < -0.4 is 5.32 Å². The average Bonchev–Trinajstić information content (AvgIpc) is 2.90. The number of methoxy groups -OCH3 is 1. The molecule has 0 radical (unpaired) electrons. The Hall–Kier alpha value is -3.97. The highest BCUT2D eigenvalue weighted by Crippen LogP contribution is 2.33. The minimum Gasteiger partial charge on any atom is -0.478 e. The predicted molar refractivity (Wildman–Crippen MR) is 147 cm³/mol. The molecule has 0 aliphatic heterocycles. The van der Waals surface area contributed by atoms with Crippen molar-refractivity contribution in [3.63, 3.8) is 0 Å². The van der Waals surface area contributed by atoms with E-state index in [1.165, 1.54) is 13.2 Å². The van der Waals surface area contributed by atoms with Crippen molar-refractivity contribution in [2.24, 2.45) is 0 Å². The number of carboxylic acids is 1. The van der Waals surface area contributed by atoms with E-state index < -0.39 is 50.1 Å². The lowest BCUT2D eigenvalue weighted by molar-refractivity contribution is -0.384. The van der Waals surface area contributed by atoms with Gasteiger partial charge in [0.2, 0.25) is 0 Å². The molecule has 1 amide bonds. The summed E-state index contributed by atoms with van der Waals surface area (Å²) < 4.78 is 4.62. The first-order chi connectivity index (χ1) is 18.7. The molecule has 12 nitrogen and oxygen atoms in total. The number of nitro groups is 2. The van der Waals surface area contributed by atoms with Gasteiger partial charge in [-0.1, -0.05) is 58.5 Å². The standard InChI is InChI=1S/C17H14Cl2N2O5.C7H3Cl2NO4/c1-9(10-3-5-11(6-4-10)17(23)26-2)20-16(22)13-7-12(18)8-14(15(13)19)21(24)25;8-3-1-4(7(11)12)6(9)5(2-3)10(13)14/h3-9H,1-2H3,(H,20,22);1-2H,(H,11,12)/t9-;/m0./s1. The van der Waals surface area contributed by atoms with Crippen molar-refractivity contribution >= 4 is 75.6 Å². The van der Waals surface area contributed by atoms with E-state index in [-0.39, 0.29) is 26.2 Å². The number of esters is 1. The van der Waals surface area contributed by atoms with Crippen molar-refractivity contribution in [2.75, 3.05) is 7.11 Å². The van der Waals surface area contributed by atoms with Crippen LogP contribution in [0, 0.1) is 20.2 Å². The monoisotopic (exact) mass is 631 g/mol. The second kappa shape index (κ2) is 13.9. The molecule has 0 aliphatic rings. The van der Waals surface area contributed by atoms with E-state index in [2.05, 4.69) is 10.1 Å². The van der Waals surface area contributed by atoms with Crippen LogP contribution in [0.5, 0.6) is 0 Å². The third-order valence-corrected chi connectivity index (χ3v) is 6.32. The van der Waals surface area contributed by atoms with Gasteiger partial charge in [0.25, 0.3) is 17.3 Å². The molecule has 0 bridgehead atoms. The third kappa shape index (κ3) is 8.02. The maximum Gasteiger partial charge on any atom is 0.337 e. The van der Waals surface area contributed by atoms with E-state index in [1.807, 2.05) is 0 Å². The number of carboxylic acid groups (broad SMARTS) is 1. The van der Waals surface area contributed by atoms with Crippen LogP contribution in [-0.2, 0) is 4.74 Å². The largest absolute Gasteiger partial charge is 0.478 e. The lowest BCUT2D eigenvalue weighted by atomic mass is 10.1. The van der Waals surface area contributed by atoms with E-state index in [4.69, 9.17) is 51.5 Å². The fourth-order valence-electron chi connectivity index (χ4n) is 3.12. The van der Waals surface area contributed by atoms with Gasteiger partial charge >= 0.3 is 11.9 Å². The number of nitro benzene ring substituents is 2. The summed E-state index contributed by atoms with van der Waals surface area (Å²) in [4.78, 5) is 54.4. The smallest absolute Gasteiger partial charge is 0.337 e. The zero-order valence-corrected chi connectivity index (χ0v) is 23.3. The Morgan fingerprint density at radius 2 is 1.30 bits per heavy atom. The van der Waals surface area contributed by atoms with Gasteiger partial charge in [0.05, 0.1) is 39.7 Å². The van der Waals surface area contributed by atoms with Gasteiger partial charge in [0, 0.05) is 22.2 Å². The number of nitrogens with one attached hydrogen (secondary N) is 1. The average molecular weight is 633 g/mol. The van der Waals surface area contributed by atoms with Gasteiger partial charge in [-0.05, 0) is 36.8 Å². The first-order valence-corrected chi connectivity index (χ1v) is 12.2. The van der Waals surface area contributed by atoms with Gasteiger partial charge < -0.3 is 15.2 Å². The van der Waals surface area contributed by atoms with Gasteiger partial charge in [0.1, 0.15) is 10.0 Å².